The van der Waals surface area contributed by atoms with Crippen molar-refractivity contribution in [3.05, 3.63) is 60.2 Å². The van der Waals surface area contributed by atoms with Crippen molar-refractivity contribution in [2.75, 3.05) is 23.4 Å². The summed E-state index contributed by atoms with van der Waals surface area (Å²) < 4.78 is 11.3. The summed E-state index contributed by atoms with van der Waals surface area (Å²) in [5, 5.41) is 2.80. The number of rotatable bonds is 6. The number of ether oxygens (including phenoxy) is 2. The number of hydrogen-bond acceptors (Lipinski definition) is 4. The minimum Gasteiger partial charge on any atom is -0.483 e. The van der Waals surface area contributed by atoms with Crippen LogP contribution in [0.5, 0.6) is 11.5 Å². The van der Waals surface area contributed by atoms with Crippen LogP contribution in [0.4, 0.5) is 11.4 Å². The molecule has 0 aliphatic carbocycles. The summed E-state index contributed by atoms with van der Waals surface area (Å²) in [6.07, 6.45) is 1.10. The molecule has 0 spiro atoms. The van der Waals surface area contributed by atoms with Crippen LogP contribution in [0, 0.1) is 13.8 Å². The van der Waals surface area contributed by atoms with Gasteiger partial charge < -0.3 is 19.7 Å². The first-order chi connectivity index (χ1) is 13.4. The Balaban J connectivity index is 1.71. The maximum atomic E-state index is 12.4. The monoisotopic (exact) mass is 380 g/mol. The number of hydrogen-bond donors (Lipinski definition) is 1. The van der Waals surface area contributed by atoms with Gasteiger partial charge in [-0.25, -0.2) is 0 Å². The van der Waals surface area contributed by atoms with Crippen molar-refractivity contribution in [2.24, 2.45) is 0 Å². The number of amides is 2. The Morgan fingerprint density at radius 1 is 1.29 bits per heavy atom. The van der Waals surface area contributed by atoms with E-state index in [1.165, 1.54) is 0 Å². The Kier molecular flexibility index (Phi) is 5.68. The molecule has 1 atom stereocenters. The van der Waals surface area contributed by atoms with Gasteiger partial charge in [0.25, 0.3) is 11.8 Å². The highest BCUT2D eigenvalue weighted by Crippen LogP contribution is 2.36. The Labute approximate surface area is 164 Å². The fourth-order valence-corrected chi connectivity index (χ4v) is 3.01. The highest BCUT2D eigenvalue weighted by atomic mass is 16.5. The molecule has 3 rings (SSSR count). The van der Waals surface area contributed by atoms with Crippen LogP contribution in [0.2, 0.25) is 0 Å². The lowest BCUT2D eigenvalue weighted by Gasteiger charge is -2.32. The van der Waals surface area contributed by atoms with Gasteiger partial charge in [0.1, 0.15) is 11.5 Å². The normalized spacial score (nSPS) is 15.5. The van der Waals surface area contributed by atoms with Crippen LogP contribution >= 0.6 is 0 Å². The molecular weight excluding hydrogens is 356 g/mol. The standard InChI is InChI=1S/C22H24N2O4/c1-5-10-24-18-12-17(8-9-19(18)28-16(4)22(24)26)23-21(25)13-27-20-11-14(2)6-7-15(20)3/h5-9,11-12,16H,1,10,13H2,2-4H3,(H,23,25). The van der Waals surface area contributed by atoms with Crippen molar-refractivity contribution in [3.63, 3.8) is 0 Å². The van der Waals surface area contributed by atoms with Gasteiger partial charge in [-0.15, -0.1) is 6.58 Å². The van der Waals surface area contributed by atoms with Gasteiger partial charge in [0.2, 0.25) is 0 Å². The zero-order chi connectivity index (χ0) is 20.3. The van der Waals surface area contributed by atoms with Crippen molar-refractivity contribution in [1.29, 1.82) is 0 Å². The van der Waals surface area contributed by atoms with E-state index in [1.54, 1.807) is 36.1 Å². The second kappa shape index (κ2) is 8.17. The first kappa shape index (κ1) is 19.5. The van der Waals surface area contributed by atoms with Crippen LogP contribution in [-0.2, 0) is 9.59 Å². The van der Waals surface area contributed by atoms with Crippen molar-refractivity contribution < 1.29 is 19.1 Å². The molecule has 2 amide bonds. The molecule has 1 aliphatic heterocycles. The van der Waals surface area contributed by atoms with Gasteiger partial charge in [-0.1, -0.05) is 18.2 Å². The van der Waals surface area contributed by atoms with Crippen LogP contribution in [0.1, 0.15) is 18.1 Å². The summed E-state index contributed by atoms with van der Waals surface area (Å²) in [6, 6.07) is 11.1. The van der Waals surface area contributed by atoms with Crippen LogP contribution < -0.4 is 19.7 Å². The molecule has 1 aliphatic rings. The second-order valence-electron chi connectivity index (χ2n) is 6.79. The van der Waals surface area contributed by atoms with E-state index >= 15 is 0 Å². The van der Waals surface area contributed by atoms with Gasteiger partial charge in [0.15, 0.2) is 12.7 Å². The largest absolute Gasteiger partial charge is 0.483 e. The summed E-state index contributed by atoms with van der Waals surface area (Å²) in [5.74, 6) is 0.853. The van der Waals surface area contributed by atoms with Crippen molar-refractivity contribution in [1.82, 2.24) is 0 Å². The van der Waals surface area contributed by atoms with E-state index in [0.717, 1.165) is 11.1 Å². The highest BCUT2D eigenvalue weighted by Gasteiger charge is 2.31. The molecule has 0 bridgehead atoms. The average molecular weight is 380 g/mol. The molecule has 0 saturated carbocycles. The predicted molar refractivity (Wildman–Crippen MR) is 109 cm³/mol. The summed E-state index contributed by atoms with van der Waals surface area (Å²) in [4.78, 5) is 26.3. The predicted octanol–water partition coefficient (Wildman–Crippen LogP) is 3.62. The maximum absolute atomic E-state index is 12.4. The minimum absolute atomic E-state index is 0.107. The SMILES string of the molecule is C=CCN1C(=O)C(C)Oc2ccc(NC(=O)COc3cc(C)ccc3C)cc21. The first-order valence-electron chi connectivity index (χ1n) is 9.12. The van der Waals surface area contributed by atoms with Gasteiger partial charge in [-0.05, 0) is 56.2 Å². The number of anilines is 2. The third-order valence-electron chi connectivity index (χ3n) is 4.47. The zero-order valence-corrected chi connectivity index (χ0v) is 16.3. The fraction of sp³-hybridized carbons (Fsp3) is 0.273. The number of benzene rings is 2. The molecule has 28 heavy (non-hydrogen) atoms. The summed E-state index contributed by atoms with van der Waals surface area (Å²) in [7, 11) is 0. The summed E-state index contributed by atoms with van der Waals surface area (Å²) >= 11 is 0. The number of carbonyl (C=O) groups is 2. The molecular formula is C22H24N2O4. The summed E-state index contributed by atoms with van der Waals surface area (Å²) in [6.45, 7) is 9.58. The Morgan fingerprint density at radius 3 is 2.82 bits per heavy atom. The lowest BCUT2D eigenvalue weighted by Crippen LogP contribution is -2.44. The van der Waals surface area contributed by atoms with Gasteiger partial charge in [0.05, 0.1) is 5.69 Å². The van der Waals surface area contributed by atoms with E-state index < -0.39 is 6.10 Å². The van der Waals surface area contributed by atoms with Crippen molar-refractivity contribution >= 4 is 23.2 Å². The zero-order valence-electron chi connectivity index (χ0n) is 16.3. The van der Waals surface area contributed by atoms with Crippen molar-refractivity contribution in [2.45, 2.75) is 26.9 Å². The maximum Gasteiger partial charge on any atom is 0.268 e. The smallest absolute Gasteiger partial charge is 0.268 e. The lowest BCUT2D eigenvalue weighted by molar-refractivity contribution is -0.125. The molecule has 2 aromatic carbocycles. The Hall–Kier alpha value is -3.28. The van der Waals surface area contributed by atoms with E-state index in [0.29, 0.717) is 29.4 Å². The molecule has 1 unspecified atom stereocenters. The van der Waals surface area contributed by atoms with E-state index in [4.69, 9.17) is 9.47 Å². The number of nitrogens with zero attached hydrogens (tertiary/aromatic N) is 1. The molecule has 6 heteroatoms. The molecule has 146 valence electrons. The number of fused-ring (bicyclic) bond motifs is 1. The molecule has 6 nitrogen and oxygen atoms in total. The highest BCUT2D eigenvalue weighted by molar-refractivity contribution is 6.01. The van der Waals surface area contributed by atoms with E-state index in [9.17, 15) is 9.59 Å². The van der Waals surface area contributed by atoms with Crippen LogP contribution in [-0.4, -0.2) is 31.1 Å². The van der Waals surface area contributed by atoms with E-state index in [2.05, 4.69) is 11.9 Å². The van der Waals surface area contributed by atoms with E-state index in [-0.39, 0.29) is 18.4 Å². The van der Waals surface area contributed by atoms with Crippen LogP contribution in [0.3, 0.4) is 0 Å². The fourth-order valence-electron chi connectivity index (χ4n) is 3.01. The Morgan fingerprint density at radius 2 is 2.07 bits per heavy atom. The molecule has 0 radical (unpaired) electrons. The molecule has 0 fully saturated rings. The molecule has 0 aromatic heterocycles. The first-order valence-corrected chi connectivity index (χ1v) is 9.12. The number of nitrogens with one attached hydrogen (secondary N) is 1. The summed E-state index contributed by atoms with van der Waals surface area (Å²) in [5.41, 5.74) is 3.21. The van der Waals surface area contributed by atoms with Gasteiger partial charge in [-0.2, -0.15) is 0 Å². The van der Waals surface area contributed by atoms with Gasteiger partial charge in [0, 0.05) is 12.2 Å². The third kappa shape index (κ3) is 4.17. The second-order valence-corrected chi connectivity index (χ2v) is 6.79. The van der Waals surface area contributed by atoms with Crippen LogP contribution in [0.25, 0.3) is 0 Å². The Bertz CT molecular complexity index is 923. The number of carbonyl (C=O) groups excluding carboxylic acids is 2. The van der Waals surface area contributed by atoms with Gasteiger partial charge >= 0.3 is 0 Å². The quantitative estimate of drug-likeness (QED) is 0.777. The van der Waals surface area contributed by atoms with Crippen LogP contribution in [0.15, 0.2) is 49.1 Å². The topological polar surface area (TPSA) is 67.9 Å². The number of aryl methyl sites for hydroxylation is 2. The third-order valence-corrected chi connectivity index (χ3v) is 4.47. The lowest BCUT2D eigenvalue weighted by atomic mass is 10.1. The average Bonchev–Trinajstić information content (AvgIpc) is 2.66. The molecule has 1 heterocycles. The molecule has 0 saturated heterocycles. The minimum atomic E-state index is -0.557. The van der Waals surface area contributed by atoms with Crippen molar-refractivity contribution in [3.8, 4) is 11.5 Å². The molecule has 1 N–H and O–H groups in total. The van der Waals surface area contributed by atoms with E-state index in [1.807, 2.05) is 32.0 Å². The van der Waals surface area contributed by atoms with Gasteiger partial charge in [-0.3, -0.25) is 9.59 Å². The molecule has 2 aromatic rings.